The number of aromatic nitrogens is 2. The van der Waals surface area contributed by atoms with Gasteiger partial charge in [-0.1, -0.05) is 11.7 Å². The number of ether oxygens (including phenoxy) is 1. The molecule has 2 heterocycles. The van der Waals surface area contributed by atoms with E-state index in [0.717, 1.165) is 0 Å². The normalized spacial score (nSPS) is 15.9. The number of carbonyl (C=O) groups is 1. The molecular formula is C9H11N3O3. The zero-order chi connectivity index (χ0) is 10.8. The molecule has 1 aliphatic heterocycles. The third kappa shape index (κ3) is 1.70. The van der Waals surface area contributed by atoms with Crippen molar-refractivity contribution in [2.75, 3.05) is 20.2 Å². The summed E-state index contributed by atoms with van der Waals surface area (Å²) >= 11 is 0. The Morgan fingerprint density at radius 3 is 3.00 bits per heavy atom. The van der Waals surface area contributed by atoms with Crippen LogP contribution < -0.4 is 0 Å². The first-order valence-electron chi connectivity index (χ1n) is 4.53. The molecule has 0 radical (unpaired) electrons. The number of hydrogen-bond acceptors (Lipinski definition) is 5. The largest absolute Gasteiger partial charge is 0.453 e. The van der Waals surface area contributed by atoms with Crippen molar-refractivity contribution in [3.8, 4) is 0 Å². The van der Waals surface area contributed by atoms with Gasteiger partial charge in [-0.3, -0.25) is 0 Å². The highest BCUT2D eigenvalue weighted by Gasteiger charge is 2.35. The van der Waals surface area contributed by atoms with Crippen LogP contribution in [-0.4, -0.2) is 41.3 Å². The summed E-state index contributed by atoms with van der Waals surface area (Å²) in [6.07, 6.45) is 1.19. The number of likely N-dealkylation sites (tertiary alicyclic amines) is 1. The zero-order valence-electron chi connectivity index (χ0n) is 8.34. The maximum absolute atomic E-state index is 11.1. The smallest absolute Gasteiger partial charge is 0.409 e. The van der Waals surface area contributed by atoms with E-state index in [4.69, 9.17) is 4.52 Å². The lowest BCUT2D eigenvalue weighted by atomic mass is 10.0. The van der Waals surface area contributed by atoms with Gasteiger partial charge >= 0.3 is 6.09 Å². The molecule has 1 amide bonds. The number of nitrogens with zero attached hydrogens (tertiary/aromatic N) is 3. The number of carbonyl (C=O) groups excluding carboxylic acids is 1. The van der Waals surface area contributed by atoms with Gasteiger partial charge in [0.25, 0.3) is 0 Å². The molecule has 1 aliphatic rings. The predicted octanol–water partition coefficient (Wildman–Crippen LogP) is 0.878. The first-order chi connectivity index (χ1) is 7.24. The third-order valence-electron chi connectivity index (χ3n) is 2.30. The van der Waals surface area contributed by atoms with Crippen LogP contribution in [0.1, 0.15) is 17.6 Å². The van der Waals surface area contributed by atoms with Gasteiger partial charge in [-0.15, -0.1) is 0 Å². The Morgan fingerprint density at radius 2 is 2.47 bits per heavy atom. The Balaban J connectivity index is 1.94. The molecule has 0 aromatic carbocycles. The summed E-state index contributed by atoms with van der Waals surface area (Å²) in [5, 5.41) is 3.69. The highest BCUT2D eigenvalue weighted by Crippen LogP contribution is 2.25. The Hall–Kier alpha value is -1.85. The summed E-state index contributed by atoms with van der Waals surface area (Å²) < 4.78 is 9.58. The van der Waals surface area contributed by atoms with Crippen molar-refractivity contribution in [3.05, 3.63) is 18.3 Å². The van der Waals surface area contributed by atoms with Crippen molar-refractivity contribution < 1.29 is 14.1 Å². The van der Waals surface area contributed by atoms with Crippen LogP contribution in [0.2, 0.25) is 0 Å². The summed E-state index contributed by atoms with van der Waals surface area (Å²) in [6, 6.07) is 0. The monoisotopic (exact) mass is 209 g/mol. The fourth-order valence-electron chi connectivity index (χ4n) is 1.41. The minimum Gasteiger partial charge on any atom is -0.453 e. The molecule has 0 saturated carbocycles. The van der Waals surface area contributed by atoms with E-state index in [1.807, 2.05) is 0 Å². The average Bonchev–Trinajstić information content (AvgIpc) is 2.63. The Kier molecular flexibility index (Phi) is 2.40. The van der Waals surface area contributed by atoms with Crippen LogP contribution >= 0.6 is 0 Å². The Morgan fingerprint density at radius 1 is 1.73 bits per heavy atom. The standard InChI is InChI=1S/C9H11N3O3/c1-3-7-10-8(15-11-7)6-4-12(5-6)9(13)14-2/h3,6H,1,4-5H2,2H3. The topological polar surface area (TPSA) is 68.5 Å². The zero-order valence-corrected chi connectivity index (χ0v) is 8.34. The fraction of sp³-hybridized carbons (Fsp3) is 0.444. The van der Waals surface area contributed by atoms with E-state index in [-0.39, 0.29) is 12.0 Å². The SMILES string of the molecule is C=Cc1noc(C2CN(C(=O)OC)C2)n1. The van der Waals surface area contributed by atoms with Gasteiger partial charge in [-0.25, -0.2) is 4.79 Å². The second-order valence-corrected chi connectivity index (χ2v) is 3.27. The van der Waals surface area contributed by atoms with E-state index < -0.39 is 0 Å². The molecule has 0 bridgehead atoms. The lowest BCUT2D eigenvalue weighted by Gasteiger charge is -2.35. The van der Waals surface area contributed by atoms with Crippen molar-refractivity contribution in [3.63, 3.8) is 0 Å². The van der Waals surface area contributed by atoms with Crippen LogP contribution in [0.3, 0.4) is 0 Å². The van der Waals surface area contributed by atoms with Gasteiger partial charge in [0.2, 0.25) is 5.89 Å². The average molecular weight is 209 g/mol. The van der Waals surface area contributed by atoms with Gasteiger partial charge in [-0.05, 0) is 6.08 Å². The summed E-state index contributed by atoms with van der Waals surface area (Å²) in [5.41, 5.74) is 0. The van der Waals surface area contributed by atoms with Crippen molar-refractivity contribution in [2.45, 2.75) is 5.92 Å². The first kappa shape index (κ1) is 9.70. The predicted molar refractivity (Wildman–Crippen MR) is 51.1 cm³/mol. The quantitative estimate of drug-likeness (QED) is 0.723. The van der Waals surface area contributed by atoms with Crippen LogP contribution in [0, 0.1) is 0 Å². The molecule has 0 spiro atoms. The van der Waals surface area contributed by atoms with Gasteiger partial charge < -0.3 is 14.2 Å². The lowest BCUT2D eigenvalue weighted by Crippen LogP contribution is -2.48. The first-order valence-corrected chi connectivity index (χ1v) is 4.53. The molecule has 0 N–H and O–H groups in total. The number of amides is 1. The van der Waals surface area contributed by atoms with E-state index >= 15 is 0 Å². The molecule has 1 fully saturated rings. The minimum absolute atomic E-state index is 0.116. The van der Waals surface area contributed by atoms with E-state index in [0.29, 0.717) is 24.8 Å². The molecular weight excluding hydrogens is 198 g/mol. The molecule has 6 nitrogen and oxygen atoms in total. The summed E-state index contributed by atoms with van der Waals surface area (Å²) in [7, 11) is 1.36. The van der Waals surface area contributed by atoms with E-state index in [2.05, 4.69) is 21.5 Å². The van der Waals surface area contributed by atoms with Crippen molar-refractivity contribution >= 4 is 12.2 Å². The number of rotatable bonds is 2. The highest BCUT2D eigenvalue weighted by molar-refractivity contribution is 5.68. The Bertz CT molecular complexity index is 382. The van der Waals surface area contributed by atoms with Gasteiger partial charge in [0.05, 0.1) is 13.0 Å². The maximum atomic E-state index is 11.1. The second kappa shape index (κ2) is 3.72. The lowest BCUT2D eigenvalue weighted by molar-refractivity contribution is 0.0804. The van der Waals surface area contributed by atoms with Gasteiger partial charge in [0.15, 0.2) is 5.82 Å². The van der Waals surface area contributed by atoms with Crippen LogP contribution in [0.15, 0.2) is 11.1 Å². The minimum atomic E-state index is -0.324. The fourth-order valence-corrected chi connectivity index (χ4v) is 1.41. The molecule has 2 rings (SSSR count). The molecule has 6 heteroatoms. The Labute approximate surface area is 86.5 Å². The molecule has 1 saturated heterocycles. The maximum Gasteiger partial charge on any atom is 0.409 e. The van der Waals surface area contributed by atoms with E-state index in [1.54, 1.807) is 4.90 Å². The second-order valence-electron chi connectivity index (χ2n) is 3.27. The van der Waals surface area contributed by atoms with Crippen molar-refractivity contribution in [1.29, 1.82) is 0 Å². The molecule has 0 aliphatic carbocycles. The molecule has 15 heavy (non-hydrogen) atoms. The molecule has 0 atom stereocenters. The molecule has 1 aromatic heterocycles. The van der Waals surface area contributed by atoms with Gasteiger partial charge in [-0.2, -0.15) is 4.98 Å². The van der Waals surface area contributed by atoms with E-state index in [9.17, 15) is 4.79 Å². The van der Waals surface area contributed by atoms with Crippen molar-refractivity contribution in [2.24, 2.45) is 0 Å². The van der Waals surface area contributed by atoms with Crippen LogP contribution in [0.5, 0.6) is 0 Å². The molecule has 0 unspecified atom stereocenters. The van der Waals surface area contributed by atoms with Crippen LogP contribution in [-0.2, 0) is 4.74 Å². The van der Waals surface area contributed by atoms with Crippen LogP contribution in [0.4, 0.5) is 4.79 Å². The number of hydrogen-bond donors (Lipinski definition) is 0. The third-order valence-corrected chi connectivity index (χ3v) is 2.30. The highest BCUT2D eigenvalue weighted by atomic mass is 16.5. The summed E-state index contributed by atoms with van der Waals surface area (Å²) in [6.45, 7) is 4.66. The van der Waals surface area contributed by atoms with Gasteiger partial charge in [0.1, 0.15) is 0 Å². The molecule has 1 aromatic rings. The van der Waals surface area contributed by atoms with Crippen LogP contribution in [0.25, 0.3) is 6.08 Å². The van der Waals surface area contributed by atoms with Crippen molar-refractivity contribution in [1.82, 2.24) is 15.0 Å². The summed E-state index contributed by atoms with van der Waals surface area (Å²) in [4.78, 5) is 16.7. The molecule has 80 valence electrons. The van der Waals surface area contributed by atoms with E-state index in [1.165, 1.54) is 13.2 Å². The summed E-state index contributed by atoms with van der Waals surface area (Å²) in [5.74, 6) is 1.14. The number of methoxy groups -OCH3 is 1. The van der Waals surface area contributed by atoms with Gasteiger partial charge in [0, 0.05) is 13.1 Å².